The van der Waals surface area contributed by atoms with E-state index < -0.39 is 0 Å². The summed E-state index contributed by atoms with van der Waals surface area (Å²) in [6.45, 7) is 6.32. The van der Waals surface area contributed by atoms with Gasteiger partial charge in [0.1, 0.15) is 5.75 Å². The summed E-state index contributed by atoms with van der Waals surface area (Å²) in [6, 6.07) is 8.43. The van der Waals surface area contributed by atoms with Crippen LogP contribution in [-0.2, 0) is 4.79 Å². The average molecular weight is 440 g/mol. The lowest BCUT2D eigenvalue weighted by Gasteiger charge is -2.33. The number of carbonyl (C=O) groups is 1. The second kappa shape index (κ2) is 14.2. The van der Waals surface area contributed by atoms with Gasteiger partial charge in [0.15, 0.2) is 0 Å². The molecule has 1 aliphatic rings. The number of likely N-dealkylation sites (tertiary alicyclic amines) is 1. The maximum Gasteiger partial charge on any atom is 0.234 e. The van der Waals surface area contributed by atoms with Gasteiger partial charge >= 0.3 is 0 Å². The number of ether oxygens (including phenoxy) is 1. The van der Waals surface area contributed by atoms with Crippen LogP contribution in [0.2, 0.25) is 0 Å². The molecule has 1 aromatic rings. The number of unbranched alkanes of at least 4 members (excludes halogenated alkanes) is 1. The highest BCUT2D eigenvalue weighted by molar-refractivity contribution is 7.80. The number of thiol groups is 2. The smallest absolute Gasteiger partial charge is 0.234 e. The number of para-hydroxylation sites is 1. The molecule has 1 amide bonds. The van der Waals surface area contributed by atoms with Gasteiger partial charge in [-0.05, 0) is 69.4 Å². The zero-order valence-corrected chi connectivity index (χ0v) is 19.5. The standard InChI is InChI=1S/C22H37N3O2S2/c1-27-21-7-3-2-6-20(21)19-8-13-24(14-9-19)11-4-5-12-25(15-17-29)18-22(26)23-10-16-28/h2-3,6-7,19,28-29H,4-5,8-18H2,1H3,(H,23,26). The minimum atomic E-state index is 0.0826. The molecule has 1 aromatic carbocycles. The van der Waals surface area contributed by atoms with Crippen molar-refractivity contribution in [1.82, 2.24) is 15.1 Å². The molecule has 1 heterocycles. The van der Waals surface area contributed by atoms with E-state index in [1.165, 1.54) is 24.8 Å². The zero-order valence-electron chi connectivity index (χ0n) is 17.7. The monoisotopic (exact) mass is 439 g/mol. The Morgan fingerprint density at radius 2 is 1.93 bits per heavy atom. The van der Waals surface area contributed by atoms with Crippen molar-refractivity contribution in [3.8, 4) is 5.75 Å². The Hall–Kier alpha value is -0.890. The van der Waals surface area contributed by atoms with Crippen molar-refractivity contribution < 1.29 is 9.53 Å². The average Bonchev–Trinajstić information content (AvgIpc) is 2.75. The summed E-state index contributed by atoms with van der Waals surface area (Å²) >= 11 is 8.46. The minimum absolute atomic E-state index is 0.0826. The number of carbonyl (C=O) groups excluding carboxylic acids is 1. The molecule has 5 nitrogen and oxygen atoms in total. The fourth-order valence-corrected chi connectivity index (χ4v) is 4.40. The van der Waals surface area contributed by atoms with Crippen LogP contribution >= 0.6 is 25.3 Å². The summed E-state index contributed by atoms with van der Waals surface area (Å²) in [5.41, 5.74) is 1.35. The molecule has 0 atom stereocenters. The number of methoxy groups -OCH3 is 1. The molecule has 29 heavy (non-hydrogen) atoms. The van der Waals surface area contributed by atoms with Gasteiger partial charge < -0.3 is 15.0 Å². The van der Waals surface area contributed by atoms with Crippen molar-refractivity contribution >= 4 is 31.2 Å². The van der Waals surface area contributed by atoms with E-state index in [1.807, 2.05) is 6.07 Å². The van der Waals surface area contributed by atoms with Crippen LogP contribution in [0.3, 0.4) is 0 Å². The molecule has 0 spiro atoms. The van der Waals surface area contributed by atoms with E-state index in [9.17, 15) is 4.79 Å². The van der Waals surface area contributed by atoms with Crippen molar-refractivity contribution in [3.05, 3.63) is 29.8 Å². The van der Waals surface area contributed by atoms with Crippen molar-refractivity contribution in [2.24, 2.45) is 0 Å². The number of rotatable bonds is 13. The second-order valence-corrected chi connectivity index (χ2v) is 8.53. The quantitative estimate of drug-likeness (QED) is 0.327. The van der Waals surface area contributed by atoms with Crippen molar-refractivity contribution in [3.63, 3.8) is 0 Å². The van der Waals surface area contributed by atoms with Gasteiger partial charge in [-0.3, -0.25) is 9.69 Å². The van der Waals surface area contributed by atoms with E-state index in [1.54, 1.807) is 7.11 Å². The Labute approximate surface area is 187 Å². The summed E-state index contributed by atoms with van der Waals surface area (Å²) in [6.07, 6.45) is 4.66. The Bertz CT molecular complexity index is 595. The van der Waals surface area contributed by atoms with Crippen LogP contribution in [0, 0.1) is 0 Å². The Morgan fingerprint density at radius 1 is 1.17 bits per heavy atom. The summed E-state index contributed by atoms with van der Waals surface area (Å²) in [5.74, 6) is 3.15. The van der Waals surface area contributed by atoms with Crippen LogP contribution < -0.4 is 10.1 Å². The highest BCUT2D eigenvalue weighted by atomic mass is 32.1. The number of hydrogen-bond donors (Lipinski definition) is 3. The van der Waals surface area contributed by atoms with Gasteiger partial charge in [-0.1, -0.05) is 18.2 Å². The predicted octanol–water partition coefficient (Wildman–Crippen LogP) is 2.93. The molecule has 164 valence electrons. The SMILES string of the molecule is COc1ccccc1C1CCN(CCCCN(CCS)CC(=O)NCCS)CC1. The third kappa shape index (κ3) is 8.79. The van der Waals surface area contributed by atoms with Gasteiger partial charge in [0.25, 0.3) is 0 Å². The molecule has 1 fully saturated rings. The van der Waals surface area contributed by atoms with Gasteiger partial charge in [-0.25, -0.2) is 0 Å². The fourth-order valence-electron chi connectivity index (χ4n) is 4.01. The first kappa shape index (κ1) is 24.4. The van der Waals surface area contributed by atoms with Gasteiger partial charge in [0.2, 0.25) is 5.91 Å². The van der Waals surface area contributed by atoms with Gasteiger partial charge in [-0.15, -0.1) is 0 Å². The van der Waals surface area contributed by atoms with Gasteiger partial charge in [-0.2, -0.15) is 25.3 Å². The number of amides is 1. The highest BCUT2D eigenvalue weighted by Gasteiger charge is 2.22. The lowest BCUT2D eigenvalue weighted by Crippen LogP contribution is -2.39. The number of piperidine rings is 1. The first-order chi connectivity index (χ1) is 14.2. The largest absolute Gasteiger partial charge is 0.496 e. The van der Waals surface area contributed by atoms with Crippen molar-refractivity contribution in [2.75, 3.05) is 64.4 Å². The van der Waals surface area contributed by atoms with Gasteiger partial charge in [0, 0.05) is 24.6 Å². The van der Waals surface area contributed by atoms with Crippen molar-refractivity contribution in [2.45, 2.75) is 31.6 Å². The van der Waals surface area contributed by atoms with Crippen LogP contribution in [0.4, 0.5) is 0 Å². The van der Waals surface area contributed by atoms with Crippen LogP contribution in [0.15, 0.2) is 24.3 Å². The topological polar surface area (TPSA) is 44.8 Å². The molecular formula is C22H37N3O2S2. The Morgan fingerprint density at radius 3 is 2.62 bits per heavy atom. The first-order valence-corrected chi connectivity index (χ1v) is 12.0. The fraction of sp³-hybridized carbons (Fsp3) is 0.682. The van der Waals surface area contributed by atoms with Crippen LogP contribution in [0.25, 0.3) is 0 Å². The van der Waals surface area contributed by atoms with E-state index in [4.69, 9.17) is 4.74 Å². The van der Waals surface area contributed by atoms with E-state index in [-0.39, 0.29) is 5.91 Å². The molecule has 0 aliphatic carbocycles. The van der Waals surface area contributed by atoms with E-state index in [2.05, 4.69) is 58.6 Å². The summed E-state index contributed by atoms with van der Waals surface area (Å²) in [5, 5.41) is 2.89. The molecule has 0 radical (unpaired) electrons. The lowest BCUT2D eigenvalue weighted by molar-refractivity contribution is -0.122. The molecule has 0 unspecified atom stereocenters. The molecule has 0 saturated carbocycles. The number of benzene rings is 1. The summed E-state index contributed by atoms with van der Waals surface area (Å²) in [4.78, 5) is 16.7. The van der Waals surface area contributed by atoms with E-state index >= 15 is 0 Å². The Balaban J connectivity index is 1.66. The first-order valence-electron chi connectivity index (χ1n) is 10.7. The maximum absolute atomic E-state index is 11.9. The Kier molecular flexibility index (Phi) is 11.9. The van der Waals surface area contributed by atoms with E-state index in [0.29, 0.717) is 24.8 Å². The van der Waals surface area contributed by atoms with Crippen LogP contribution in [0.1, 0.15) is 37.2 Å². The molecule has 1 saturated heterocycles. The predicted molar refractivity (Wildman–Crippen MR) is 128 cm³/mol. The highest BCUT2D eigenvalue weighted by Crippen LogP contribution is 2.33. The molecular weight excluding hydrogens is 402 g/mol. The number of nitrogens with zero attached hydrogens (tertiary/aromatic N) is 2. The normalized spacial score (nSPS) is 15.6. The lowest BCUT2D eigenvalue weighted by atomic mass is 9.88. The number of nitrogens with one attached hydrogen (secondary N) is 1. The minimum Gasteiger partial charge on any atom is -0.496 e. The zero-order chi connectivity index (χ0) is 20.9. The molecule has 1 N–H and O–H groups in total. The second-order valence-electron chi connectivity index (χ2n) is 7.64. The third-order valence-electron chi connectivity index (χ3n) is 5.58. The molecule has 0 bridgehead atoms. The van der Waals surface area contributed by atoms with Crippen LogP contribution in [0.5, 0.6) is 5.75 Å². The van der Waals surface area contributed by atoms with E-state index in [0.717, 1.165) is 50.6 Å². The van der Waals surface area contributed by atoms with Crippen LogP contribution in [-0.4, -0.2) is 80.1 Å². The third-order valence-corrected chi connectivity index (χ3v) is 6.01. The summed E-state index contributed by atoms with van der Waals surface area (Å²) in [7, 11) is 1.76. The summed E-state index contributed by atoms with van der Waals surface area (Å²) < 4.78 is 5.54. The maximum atomic E-state index is 11.9. The molecule has 1 aliphatic heterocycles. The number of hydrogen-bond acceptors (Lipinski definition) is 6. The van der Waals surface area contributed by atoms with Gasteiger partial charge in [0.05, 0.1) is 13.7 Å². The molecule has 0 aromatic heterocycles. The molecule has 2 rings (SSSR count). The van der Waals surface area contributed by atoms with Crippen molar-refractivity contribution in [1.29, 1.82) is 0 Å². The molecule has 7 heteroatoms.